The lowest BCUT2D eigenvalue weighted by Gasteiger charge is -1.95. The average molecular weight is 186 g/mol. The standard InChI is InChI=1S/C7H7N3O.ClH/c8-6-1-4(11)2-7-5(6)3-9-10-7;/h1-3,11H,8H2,(H,9,10);1H. The molecule has 0 aliphatic heterocycles. The topological polar surface area (TPSA) is 74.9 Å². The highest BCUT2D eigenvalue weighted by Crippen LogP contribution is 2.23. The summed E-state index contributed by atoms with van der Waals surface area (Å²) < 4.78 is 0. The van der Waals surface area contributed by atoms with Crippen LogP contribution < -0.4 is 5.73 Å². The smallest absolute Gasteiger partial charge is 0.119 e. The Morgan fingerprint density at radius 1 is 1.42 bits per heavy atom. The monoisotopic (exact) mass is 185 g/mol. The van der Waals surface area contributed by atoms with E-state index in [1.807, 2.05) is 0 Å². The van der Waals surface area contributed by atoms with E-state index in [2.05, 4.69) is 10.2 Å². The number of phenols is 1. The average Bonchev–Trinajstić information content (AvgIpc) is 2.34. The first-order chi connectivity index (χ1) is 5.27. The highest BCUT2D eigenvalue weighted by Gasteiger charge is 2.00. The van der Waals surface area contributed by atoms with Crippen molar-refractivity contribution in [2.45, 2.75) is 0 Å². The predicted octanol–water partition coefficient (Wildman–Crippen LogP) is 1.27. The normalized spacial score (nSPS) is 9.67. The Bertz CT molecular complexity index is 398. The predicted molar refractivity (Wildman–Crippen MR) is 49.4 cm³/mol. The van der Waals surface area contributed by atoms with E-state index in [1.165, 1.54) is 6.07 Å². The number of H-pyrrole nitrogens is 1. The number of fused-ring (bicyclic) bond motifs is 1. The number of aromatic amines is 1. The van der Waals surface area contributed by atoms with Crippen LogP contribution in [0.25, 0.3) is 10.9 Å². The van der Waals surface area contributed by atoms with Crippen LogP contribution in [-0.2, 0) is 0 Å². The van der Waals surface area contributed by atoms with Gasteiger partial charge in [0.25, 0.3) is 0 Å². The highest BCUT2D eigenvalue weighted by atomic mass is 35.5. The Labute approximate surface area is 74.8 Å². The molecule has 0 unspecified atom stereocenters. The van der Waals surface area contributed by atoms with Crippen LogP contribution in [-0.4, -0.2) is 15.3 Å². The zero-order valence-electron chi connectivity index (χ0n) is 6.11. The number of nitrogen functional groups attached to an aromatic ring is 1. The molecule has 0 saturated heterocycles. The Balaban J connectivity index is 0.000000720. The van der Waals surface area contributed by atoms with Gasteiger partial charge in [-0.05, 0) is 0 Å². The number of hydrogen-bond acceptors (Lipinski definition) is 3. The molecule has 64 valence electrons. The summed E-state index contributed by atoms with van der Waals surface area (Å²) in [5.41, 5.74) is 6.87. The lowest BCUT2D eigenvalue weighted by molar-refractivity contribution is 0.476. The maximum atomic E-state index is 9.10. The van der Waals surface area contributed by atoms with E-state index in [-0.39, 0.29) is 18.2 Å². The molecule has 0 saturated carbocycles. The molecule has 0 bridgehead atoms. The molecule has 1 heterocycles. The molecule has 12 heavy (non-hydrogen) atoms. The summed E-state index contributed by atoms with van der Waals surface area (Å²) in [4.78, 5) is 0. The van der Waals surface area contributed by atoms with Gasteiger partial charge in [0.2, 0.25) is 0 Å². The minimum atomic E-state index is 0. The van der Waals surface area contributed by atoms with Gasteiger partial charge in [0.05, 0.1) is 11.7 Å². The first-order valence-electron chi connectivity index (χ1n) is 3.19. The molecule has 0 radical (unpaired) electrons. The van der Waals surface area contributed by atoms with E-state index in [1.54, 1.807) is 12.3 Å². The Morgan fingerprint density at radius 3 is 2.92 bits per heavy atom. The largest absolute Gasteiger partial charge is 0.508 e. The third-order valence-corrected chi connectivity index (χ3v) is 1.58. The lowest BCUT2D eigenvalue weighted by Crippen LogP contribution is -1.84. The molecule has 2 aromatic rings. The quantitative estimate of drug-likeness (QED) is 0.541. The molecule has 4 N–H and O–H groups in total. The van der Waals surface area contributed by atoms with Crippen molar-refractivity contribution in [1.82, 2.24) is 10.2 Å². The number of aromatic nitrogens is 2. The van der Waals surface area contributed by atoms with Gasteiger partial charge in [0.1, 0.15) is 5.75 Å². The molecule has 4 nitrogen and oxygen atoms in total. The third-order valence-electron chi connectivity index (χ3n) is 1.58. The van der Waals surface area contributed by atoms with Crippen LogP contribution in [0.4, 0.5) is 5.69 Å². The second-order valence-corrected chi connectivity index (χ2v) is 2.37. The summed E-state index contributed by atoms with van der Waals surface area (Å²) in [7, 11) is 0. The van der Waals surface area contributed by atoms with E-state index < -0.39 is 0 Å². The van der Waals surface area contributed by atoms with Crippen molar-refractivity contribution >= 4 is 29.0 Å². The fourth-order valence-corrected chi connectivity index (χ4v) is 1.06. The van der Waals surface area contributed by atoms with Gasteiger partial charge in [-0.2, -0.15) is 5.10 Å². The fourth-order valence-electron chi connectivity index (χ4n) is 1.06. The second kappa shape index (κ2) is 2.91. The molecular formula is C7H8ClN3O. The first-order valence-corrected chi connectivity index (χ1v) is 3.19. The molecule has 0 aliphatic carbocycles. The molecule has 0 amide bonds. The van der Waals surface area contributed by atoms with Gasteiger partial charge in [-0.25, -0.2) is 0 Å². The molecule has 1 aromatic carbocycles. The third kappa shape index (κ3) is 1.16. The van der Waals surface area contributed by atoms with Crippen molar-refractivity contribution < 1.29 is 5.11 Å². The molecule has 0 atom stereocenters. The van der Waals surface area contributed by atoms with Crippen LogP contribution in [0.5, 0.6) is 5.75 Å². The van der Waals surface area contributed by atoms with Gasteiger partial charge in [0.15, 0.2) is 0 Å². The van der Waals surface area contributed by atoms with Crippen molar-refractivity contribution in [2.75, 3.05) is 5.73 Å². The molecule has 0 aliphatic rings. The Hall–Kier alpha value is -1.42. The summed E-state index contributed by atoms with van der Waals surface area (Å²) in [5, 5.41) is 16.4. The summed E-state index contributed by atoms with van der Waals surface area (Å²) in [6.45, 7) is 0. The number of phenolic OH excluding ortho intramolecular Hbond substituents is 1. The van der Waals surface area contributed by atoms with Gasteiger partial charge in [-0.15, -0.1) is 12.4 Å². The van der Waals surface area contributed by atoms with Crippen molar-refractivity contribution in [3.63, 3.8) is 0 Å². The van der Waals surface area contributed by atoms with Crippen molar-refractivity contribution in [2.24, 2.45) is 0 Å². The van der Waals surface area contributed by atoms with E-state index in [9.17, 15) is 0 Å². The van der Waals surface area contributed by atoms with E-state index in [0.29, 0.717) is 5.69 Å². The van der Waals surface area contributed by atoms with Crippen LogP contribution in [0.15, 0.2) is 18.3 Å². The van der Waals surface area contributed by atoms with Crippen LogP contribution in [0.3, 0.4) is 0 Å². The van der Waals surface area contributed by atoms with E-state index in [4.69, 9.17) is 10.8 Å². The number of benzene rings is 1. The lowest BCUT2D eigenvalue weighted by atomic mass is 10.2. The van der Waals surface area contributed by atoms with Gasteiger partial charge in [0, 0.05) is 23.2 Å². The molecule has 5 heteroatoms. The van der Waals surface area contributed by atoms with Gasteiger partial charge in [-0.3, -0.25) is 5.10 Å². The first kappa shape index (κ1) is 8.67. The number of nitrogens with one attached hydrogen (secondary N) is 1. The number of anilines is 1. The molecule has 0 spiro atoms. The van der Waals surface area contributed by atoms with E-state index in [0.717, 1.165) is 10.9 Å². The zero-order valence-corrected chi connectivity index (χ0v) is 6.93. The van der Waals surface area contributed by atoms with Crippen LogP contribution in [0, 0.1) is 0 Å². The van der Waals surface area contributed by atoms with Crippen LogP contribution in [0.1, 0.15) is 0 Å². The van der Waals surface area contributed by atoms with Crippen LogP contribution in [0.2, 0.25) is 0 Å². The second-order valence-electron chi connectivity index (χ2n) is 2.37. The van der Waals surface area contributed by atoms with Gasteiger partial charge >= 0.3 is 0 Å². The van der Waals surface area contributed by atoms with Gasteiger partial charge < -0.3 is 10.8 Å². The number of aromatic hydroxyl groups is 1. The minimum absolute atomic E-state index is 0. The van der Waals surface area contributed by atoms with Crippen molar-refractivity contribution in [1.29, 1.82) is 0 Å². The van der Waals surface area contributed by atoms with Crippen molar-refractivity contribution in [3.8, 4) is 5.75 Å². The van der Waals surface area contributed by atoms with Gasteiger partial charge in [-0.1, -0.05) is 0 Å². The number of rotatable bonds is 0. The number of hydrogen-bond donors (Lipinski definition) is 3. The maximum absolute atomic E-state index is 9.10. The minimum Gasteiger partial charge on any atom is -0.508 e. The summed E-state index contributed by atoms with van der Waals surface area (Å²) >= 11 is 0. The Kier molecular flexibility index (Phi) is 2.10. The summed E-state index contributed by atoms with van der Waals surface area (Å²) in [6, 6.07) is 3.08. The fraction of sp³-hybridized carbons (Fsp3) is 0. The summed E-state index contributed by atoms with van der Waals surface area (Å²) in [6.07, 6.45) is 1.63. The molecule has 0 fully saturated rings. The van der Waals surface area contributed by atoms with Crippen LogP contribution >= 0.6 is 12.4 Å². The highest BCUT2D eigenvalue weighted by molar-refractivity contribution is 5.91. The van der Waals surface area contributed by atoms with Crippen molar-refractivity contribution in [3.05, 3.63) is 18.3 Å². The zero-order chi connectivity index (χ0) is 7.84. The molecule has 1 aromatic heterocycles. The van der Waals surface area contributed by atoms with E-state index >= 15 is 0 Å². The number of nitrogens with zero attached hydrogens (tertiary/aromatic N) is 1. The molecular weight excluding hydrogens is 178 g/mol. The SMILES string of the molecule is Cl.Nc1cc(O)cc2[nH]ncc12. The summed E-state index contributed by atoms with van der Waals surface area (Å²) in [5.74, 6) is 0.152. The molecule has 2 rings (SSSR count). The number of nitrogens with two attached hydrogens (primary N) is 1. The maximum Gasteiger partial charge on any atom is 0.119 e. The Morgan fingerprint density at radius 2 is 2.17 bits per heavy atom. The number of halogens is 1.